The lowest BCUT2D eigenvalue weighted by atomic mass is 9.94. The normalized spacial score (nSPS) is 13.9. The number of carbonyl (C=O) groups excluding carboxylic acids is 1. The number of benzene rings is 1. The molecule has 5 nitrogen and oxygen atoms in total. The minimum Gasteiger partial charge on any atom is -0.478 e. The summed E-state index contributed by atoms with van der Waals surface area (Å²) in [6.45, 7) is 0.946. The second-order valence-corrected chi connectivity index (χ2v) is 4.74. The zero-order valence-electron chi connectivity index (χ0n) is 10.7. The largest absolute Gasteiger partial charge is 0.478 e. The van der Waals surface area contributed by atoms with E-state index in [1.54, 1.807) is 23.1 Å². The molecule has 1 aliphatic rings. The molecule has 1 aliphatic heterocycles. The van der Waals surface area contributed by atoms with Gasteiger partial charge in [0.25, 0.3) is 5.91 Å². The zero-order valence-corrected chi connectivity index (χ0v) is 10.7. The molecule has 1 aromatic heterocycles. The van der Waals surface area contributed by atoms with Gasteiger partial charge < -0.3 is 14.4 Å². The van der Waals surface area contributed by atoms with Crippen LogP contribution in [0.4, 0.5) is 0 Å². The maximum atomic E-state index is 12.2. The van der Waals surface area contributed by atoms with Crippen molar-refractivity contribution in [3.8, 4) is 0 Å². The minimum atomic E-state index is -0.920. The fourth-order valence-electron chi connectivity index (χ4n) is 2.55. The van der Waals surface area contributed by atoms with Crippen LogP contribution >= 0.6 is 0 Å². The van der Waals surface area contributed by atoms with Crippen LogP contribution < -0.4 is 0 Å². The third-order valence-corrected chi connectivity index (χ3v) is 3.55. The molecule has 5 heteroatoms. The predicted molar refractivity (Wildman–Crippen MR) is 70.6 cm³/mol. The van der Waals surface area contributed by atoms with Gasteiger partial charge in [-0.1, -0.05) is 12.1 Å². The van der Waals surface area contributed by atoms with Gasteiger partial charge in [0.15, 0.2) is 0 Å². The molecule has 2 heterocycles. The Morgan fingerprint density at radius 3 is 2.80 bits per heavy atom. The van der Waals surface area contributed by atoms with Crippen molar-refractivity contribution in [1.29, 1.82) is 0 Å². The van der Waals surface area contributed by atoms with Crippen molar-refractivity contribution >= 4 is 11.9 Å². The molecule has 0 saturated heterocycles. The molecule has 1 amide bonds. The van der Waals surface area contributed by atoms with Crippen LogP contribution in [-0.4, -0.2) is 28.4 Å². The highest BCUT2D eigenvalue weighted by atomic mass is 16.4. The lowest BCUT2D eigenvalue weighted by molar-refractivity contribution is 0.0694. The molecule has 1 N–H and O–H groups in total. The van der Waals surface area contributed by atoms with E-state index in [9.17, 15) is 14.7 Å². The second-order valence-electron chi connectivity index (χ2n) is 4.74. The number of hydrogen-bond donors (Lipinski definition) is 1. The van der Waals surface area contributed by atoms with Crippen molar-refractivity contribution in [3.05, 3.63) is 59.0 Å². The summed E-state index contributed by atoms with van der Waals surface area (Å²) in [6, 6.07) is 6.82. The molecule has 102 valence electrons. The Balaban J connectivity index is 1.88. The summed E-state index contributed by atoms with van der Waals surface area (Å²) in [5.41, 5.74) is 2.57. The number of rotatable bonds is 2. The SMILES string of the molecule is O=C(O)c1cccc2c1CCN(C(=O)c1ccoc1)C2. The molecule has 0 radical (unpaired) electrons. The van der Waals surface area contributed by atoms with Crippen LogP contribution in [-0.2, 0) is 13.0 Å². The topological polar surface area (TPSA) is 70.8 Å². The fraction of sp³-hybridized carbons (Fsp3) is 0.200. The molecule has 0 unspecified atom stereocenters. The van der Waals surface area contributed by atoms with Crippen molar-refractivity contribution in [2.45, 2.75) is 13.0 Å². The molecule has 20 heavy (non-hydrogen) atoms. The van der Waals surface area contributed by atoms with Gasteiger partial charge in [-0.2, -0.15) is 0 Å². The average molecular weight is 271 g/mol. The van der Waals surface area contributed by atoms with Gasteiger partial charge >= 0.3 is 5.97 Å². The van der Waals surface area contributed by atoms with Gasteiger partial charge in [0.1, 0.15) is 6.26 Å². The van der Waals surface area contributed by atoms with Crippen molar-refractivity contribution in [2.75, 3.05) is 6.54 Å². The summed E-state index contributed by atoms with van der Waals surface area (Å²) < 4.78 is 4.92. The number of carbonyl (C=O) groups is 2. The third kappa shape index (κ3) is 2.07. The van der Waals surface area contributed by atoms with Crippen LogP contribution in [0.15, 0.2) is 41.2 Å². The molecule has 0 fully saturated rings. The highest BCUT2D eigenvalue weighted by Gasteiger charge is 2.25. The summed E-state index contributed by atoms with van der Waals surface area (Å²) in [7, 11) is 0. The van der Waals surface area contributed by atoms with Crippen LogP contribution in [0.5, 0.6) is 0 Å². The van der Waals surface area contributed by atoms with Crippen LogP contribution in [0.25, 0.3) is 0 Å². The molecular formula is C15H13NO4. The fourth-order valence-corrected chi connectivity index (χ4v) is 2.55. The molecule has 0 atom stereocenters. The lowest BCUT2D eigenvalue weighted by Gasteiger charge is -2.29. The van der Waals surface area contributed by atoms with E-state index in [2.05, 4.69) is 0 Å². The van der Waals surface area contributed by atoms with E-state index >= 15 is 0 Å². The number of fused-ring (bicyclic) bond motifs is 1. The van der Waals surface area contributed by atoms with E-state index < -0.39 is 5.97 Å². The van der Waals surface area contributed by atoms with Crippen molar-refractivity contribution in [1.82, 2.24) is 4.90 Å². The molecule has 0 bridgehead atoms. The first-order chi connectivity index (χ1) is 9.66. The lowest BCUT2D eigenvalue weighted by Crippen LogP contribution is -2.36. The maximum absolute atomic E-state index is 12.2. The molecule has 2 aromatic rings. The van der Waals surface area contributed by atoms with Gasteiger partial charge in [-0.05, 0) is 29.7 Å². The predicted octanol–water partition coefficient (Wildman–Crippen LogP) is 2.18. The first-order valence-electron chi connectivity index (χ1n) is 6.32. The standard InChI is InChI=1S/C15H13NO4/c17-14(11-5-7-20-9-11)16-6-4-12-10(8-16)2-1-3-13(12)15(18)19/h1-3,5,7,9H,4,6,8H2,(H,18,19). The highest BCUT2D eigenvalue weighted by molar-refractivity contribution is 5.94. The number of carboxylic acids is 1. The molecule has 1 aromatic carbocycles. The van der Waals surface area contributed by atoms with Crippen molar-refractivity contribution < 1.29 is 19.1 Å². The third-order valence-electron chi connectivity index (χ3n) is 3.55. The Hall–Kier alpha value is -2.56. The number of aromatic carboxylic acids is 1. The Morgan fingerprint density at radius 2 is 2.10 bits per heavy atom. The monoisotopic (exact) mass is 271 g/mol. The number of carboxylic acid groups (broad SMARTS) is 1. The quantitative estimate of drug-likeness (QED) is 0.908. The van der Waals surface area contributed by atoms with E-state index in [-0.39, 0.29) is 5.91 Å². The number of hydrogen-bond acceptors (Lipinski definition) is 3. The van der Waals surface area contributed by atoms with Crippen LogP contribution in [0.2, 0.25) is 0 Å². The first-order valence-corrected chi connectivity index (χ1v) is 6.32. The van der Waals surface area contributed by atoms with Gasteiger partial charge in [-0.15, -0.1) is 0 Å². The summed E-state index contributed by atoms with van der Waals surface area (Å²) in [6.07, 6.45) is 3.45. The average Bonchev–Trinajstić information content (AvgIpc) is 2.99. The smallest absolute Gasteiger partial charge is 0.335 e. The zero-order chi connectivity index (χ0) is 14.1. The molecule has 3 rings (SSSR count). The van der Waals surface area contributed by atoms with Gasteiger partial charge in [-0.3, -0.25) is 4.79 Å². The van der Waals surface area contributed by atoms with Crippen molar-refractivity contribution in [2.24, 2.45) is 0 Å². The van der Waals surface area contributed by atoms with Gasteiger partial charge in [-0.25, -0.2) is 4.79 Å². The van der Waals surface area contributed by atoms with Gasteiger partial charge in [0.2, 0.25) is 0 Å². The Kier molecular flexibility index (Phi) is 3.02. The highest BCUT2D eigenvalue weighted by Crippen LogP contribution is 2.24. The summed E-state index contributed by atoms with van der Waals surface area (Å²) in [5.74, 6) is -1.01. The number of furan rings is 1. The summed E-state index contributed by atoms with van der Waals surface area (Å²) in [4.78, 5) is 25.1. The van der Waals surface area contributed by atoms with Gasteiger partial charge in [0, 0.05) is 13.1 Å². The van der Waals surface area contributed by atoms with Crippen LogP contribution in [0.3, 0.4) is 0 Å². The van der Waals surface area contributed by atoms with Gasteiger partial charge in [0.05, 0.1) is 17.4 Å². The van der Waals surface area contributed by atoms with E-state index in [4.69, 9.17) is 4.42 Å². The van der Waals surface area contributed by atoms with Crippen LogP contribution in [0.1, 0.15) is 31.8 Å². The molecular weight excluding hydrogens is 258 g/mol. The summed E-state index contributed by atoms with van der Waals surface area (Å²) in [5, 5.41) is 9.17. The molecule has 0 aliphatic carbocycles. The summed E-state index contributed by atoms with van der Waals surface area (Å²) >= 11 is 0. The first kappa shape index (κ1) is 12.5. The van der Waals surface area contributed by atoms with E-state index in [0.717, 1.165) is 11.1 Å². The number of nitrogens with zero attached hydrogens (tertiary/aromatic N) is 1. The Labute approximate surface area is 115 Å². The van der Waals surface area contributed by atoms with E-state index in [1.807, 2.05) is 6.07 Å². The Morgan fingerprint density at radius 1 is 1.25 bits per heavy atom. The maximum Gasteiger partial charge on any atom is 0.335 e. The molecule has 0 saturated carbocycles. The molecule has 0 spiro atoms. The number of amides is 1. The minimum absolute atomic E-state index is 0.0925. The van der Waals surface area contributed by atoms with Crippen molar-refractivity contribution in [3.63, 3.8) is 0 Å². The van der Waals surface area contributed by atoms with Crippen LogP contribution in [0, 0.1) is 0 Å². The van der Waals surface area contributed by atoms with E-state index in [0.29, 0.717) is 30.6 Å². The second kappa shape index (κ2) is 4.85. The van der Waals surface area contributed by atoms with E-state index in [1.165, 1.54) is 12.5 Å². The Bertz CT molecular complexity index is 661.